The van der Waals surface area contributed by atoms with Gasteiger partial charge in [0.15, 0.2) is 6.61 Å². The van der Waals surface area contributed by atoms with Gasteiger partial charge in [-0.1, -0.05) is 6.07 Å². The average Bonchev–Trinajstić information content (AvgIpc) is 2.72. The average molecular weight is 352 g/mol. The standard InChI is InChI=1S/C19H20N4O3/c20-12-15-3-5-17(6-4-15)26-14-18(24)22-13-16-2-1-7-21-19(16)23-8-10-25-11-9-23/h1-7H,8-11,13-14H2,(H,22,24). The molecule has 0 unspecified atom stereocenters. The first-order valence-electron chi connectivity index (χ1n) is 8.42. The van der Waals surface area contributed by atoms with E-state index in [9.17, 15) is 4.79 Å². The molecule has 0 radical (unpaired) electrons. The number of hydrogen-bond donors (Lipinski definition) is 1. The zero-order valence-corrected chi connectivity index (χ0v) is 14.4. The molecule has 2 aromatic rings. The molecule has 1 saturated heterocycles. The lowest BCUT2D eigenvalue weighted by atomic mass is 10.2. The number of carbonyl (C=O) groups is 1. The minimum atomic E-state index is -0.217. The summed E-state index contributed by atoms with van der Waals surface area (Å²) in [6.07, 6.45) is 1.75. The molecule has 0 atom stereocenters. The van der Waals surface area contributed by atoms with Crippen molar-refractivity contribution in [1.82, 2.24) is 10.3 Å². The van der Waals surface area contributed by atoms with Crippen LogP contribution in [0.25, 0.3) is 0 Å². The third-order valence-corrected chi connectivity index (χ3v) is 4.01. The van der Waals surface area contributed by atoms with Crippen molar-refractivity contribution in [2.45, 2.75) is 6.54 Å². The highest BCUT2D eigenvalue weighted by Gasteiger charge is 2.16. The van der Waals surface area contributed by atoms with Gasteiger partial charge in [-0.2, -0.15) is 5.26 Å². The summed E-state index contributed by atoms with van der Waals surface area (Å²) < 4.78 is 10.8. The summed E-state index contributed by atoms with van der Waals surface area (Å²) in [5.41, 5.74) is 1.51. The fraction of sp³-hybridized carbons (Fsp3) is 0.316. The highest BCUT2D eigenvalue weighted by Crippen LogP contribution is 2.18. The van der Waals surface area contributed by atoms with Crippen molar-refractivity contribution < 1.29 is 14.3 Å². The Bertz CT molecular complexity index is 780. The lowest BCUT2D eigenvalue weighted by Gasteiger charge is -2.29. The molecule has 1 aliphatic rings. The number of nitrogens with one attached hydrogen (secondary N) is 1. The van der Waals surface area contributed by atoms with Gasteiger partial charge >= 0.3 is 0 Å². The number of ether oxygens (including phenoxy) is 2. The molecule has 1 amide bonds. The van der Waals surface area contributed by atoms with E-state index in [2.05, 4.69) is 15.2 Å². The number of nitriles is 1. The fourth-order valence-corrected chi connectivity index (χ4v) is 2.65. The van der Waals surface area contributed by atoms with Gasteiger partial charge in [-0.15, -0.1) is 0 Å². The highest BCUT2D eigenvalue weighted by atomic mass is 16.5. The Morgan fingerprint density at radius 2 is 2.04 bits per heavy atom. The van der Waals surface area contributed by atoms with Crippen LogP contribution in [0.4, 0.5) is 5.82 Å². The molecule has 1 aromatic carbocycles. The summed E-state index contributed by atoms with van der Waals surface area (Å²) in [5.74, 6) is 1.21. The maximum Gasteiger partial charge on any atom is 0.258 e. The molecule has 0 aliphatic carbocycles. The zero-order chi connectivity index (χ0) is 18.2. The number of carbonyl (C=O) groups excluding carboxylic acids is 1. The molecule has 1 aromatic heterocycles. The van der Waals surface area contributed by atoms with Gasteiger partial charge in [0.25, 0.3) is 5.91 Å². The topological polar surface area (TPSA) is 87.5 Å². The minimum absolute atomic E-state index is 0.0843. The van der Waals surface area contributed by atoms with Crippen molar-refractivity contribution in [3.63, 3.8) is 0 Å². The summed E-state index contributed by atoms with van der Waals surface area (Å²) in [7, 11) is 0. The SMILES string of the molecule is N#Cc1ccc(OCC(=O)NCc2cccnc2N2CCOCC2)cc1. The summed E-state index contributed by atoms with van der Waals surface area (Å²) in [6.45, 7) is 3.25. The van der Waals surface area contributed by atoms with Gasteiger partial charge in [0, 0.05) is 31.4 Å². The predicted octanol–water partition coefficient (Wildman–Crippen LogP) is 1.49. The van der Waals surface area contributed by atoms with E-state index in [1.807, 2.05) is 18.2 Å². The molecule has 7 nitrogen and oxygen atoms in total. The molecule has 26 heavy (non-hydrogen) atoms. The van der Waals surface area contributed by atoms with Gasteiger partial charge in [-0.25, -0.2) is 4.98 Å². The Morgan fingerprint density at radius 3 is 2.77 bits per heavy atom. The number of aromatic nitrogens is 1. The first-order chi connectivity index (χ1) is 12.8. The molecule has 3 rings (SSSR count). The molecule has 2 heterocycles. The van der Waals surface area contributed by atoms with Crippen molar-refractivity contribution in [3.05, 3.63) is 53.7 Å². The molecular weight excluding hydrogens is 332 g/mol. The number of benzene rings is 1. The summed E-state index contributed by atoms with van der Waals surface area (Å²) in [5, 5.41) is 11.6. The minimum Gasteiger partial charge on any atom is -0.484 e. The van der Waals surface area contributed by atoms with Crippen LogP contribution in [0.1, 0.15) is 11.1 Å². The van der Waals surface area contributed by atoms with E-state index in [-0.39, 0.29) is 12.5 Å². The number of pyridine rings is 1. The monoisotopic (exact) mass is 352 g/mol. The molecule has 0 bridgehead atoms. The molecule has 1 fully saturated rings. The summed E-state index contributed by atoms with van der Waals surface area (Å²) in [4.78, 5) is 18.7. The van der Waals surface area contributed by atoms with Crippen molar-refractivity contribution >= 4 is 11.7 Å². The Balaban J connectivity index is 1.52. The maximum absolute atomic E-state index is 12.1. The zero-order valence-electron chi connectivity index (χ0n) is 14.4. The molecule has 1 aliphatic heterocycles. The van der Waals surface area contributed by atoms with Gasteiger partial charge in [-0.3, -0.25) is 4.79 Å². The van der Waals surface area contributed by atoms with Crippen LogP contribution in [-0.2, 0) is 16.1 Å². The molecule has 1 N–H and O–H groups in total. The van der Waals surface area contributed by atoms with E-state index in [0.29, 0.717) is 31.1 Å². The largest absolute Gasteiger partial charge is 0.484 e. The lowest BCUT2D eigenvalue weighted by molar-refractivity contribution is -0.123. The Hall–Kier alpha value is -3.11. The van der Waals surface area contributed by atoms with Crippen LogP contribution < -0.4 is 15.0 Å². The quantitative estimate of drug-likeness (QED) is 0.847. The lowest BCUT2D eigenvalue weighted by Crippen LogP contribution is -2.38. The summed E-state index contributed by atoms with van der Waals surface area (Å²) >= 11 is 0. The Morgan fingerprint density at radius 1 is 1.27 bits per heavy atom. The van der Waals surface area contributed by atoms with Crippen LogP contribution in [0.3, 0.4) is 0 Å². The second-order valence-electron chi connectivity index (χ2n) is 5.79. The third kappa shape index (κ3) is 4.71. The highest BCUT2D eigenvalue weighted by molar-refractivity contribution is 5.77. The number of amides is 1. The number of morpholine rings is 1. The van der Waals surface area contributed by atoms with E-state index in [4.69, 9.17) is 14.7 Å². The van der Waals surface area contributed by atoms with Crippen LogP contribution in [-0.4, -0.2) is 43.8 Å². The number of nitrogens with zero attached hydrogens (tertiary/aromatic N) is 3. The van der Waals surface area contributed by atoms with E-state index in [1.54, 1.807) is 30.5 Å². The van der Waals surface area contributed by atoms with E-state index in [1.165, 1.54) is 0 Å². The third-order valence-electron chi connectivity index (χ3n) is 4.01. The van der Waals surface area contributed by atoms with Crippen LogP contribution in [0, 0.1) is 11.3 Å². The predicted molar refractivity (Wildman–Crippen MR) is 95.8 cm³/mol. The van der Waals surface area contributed by atoms with Gasteiger partial charge in [0.2, 0.25) is 0 Å². The molecule has 134 valence electrons. The molecule has 7 heteroatoms. The first-order valence-corrected chi connectivity index (χ1v) is 8.42. The van der Waals surface area contributed by atoms with Crippen molar-refractivity contribution in [2.24, 2.45) is 0 Å². The van der Waals surface area contributed by atoms with Gasteiger partial charge in [0.05, 0.1) is 24.8 Å². The van der Waals surface area contributed by atoms with Crippen molar-refractivity contribution in [2.75, 3.05) is 37.8 Å². The van der Waals surface area contributed by atoms with Crippen LogP contribution >= 0.6 is 0 Å². The van der Waals surface area contributed by atoms with Crippen LogP contribution in [0.2, 0.25) is 0 Å². The fourth-order valence-electron chi connectivity index (χ4n) is 2.65. The second kappa shape index (κ2) is 8.83. The number of hydrogen-bond acceptors (Lipinski definition) is 6. The van der Waals surface area contributed by atoms with Crippen LogP contribution in [0.5, 0.6) is 5.75 Å². The second-order valence-corrected chi connectivity index (χ2v) is 5.79. The van der Waals surface area contributed by atoms with Gasteiger partial charge in [0.1, 0.15) is 11.6 Å². The van der Waals surface area contributed by atoms with Gasteiger partial charge < -0.3 is 19.7 Å². The molecular formula is C19H20N4O3. The molecule has 0 spiro atoms. The first kappa shape index (κ1) is 17.7. The summed E-state index contributed by atoms with van der Waals surface area (Å²) in [6, 6.07) is 12.5. The van der Waals surface area contributed by atoms with Crippen molar-refractivity contribution in [1.29, 1.82) is 5.26 Å². The maximum atomic E-state index is 12.1. The Labute approximate surface area is 152 Å². The van der Waals surface area contributed by atoms with E-state index >= 15 is 0 Å². The normalized spacial score (nSPS) is 13.7. The Kier molecular flexibility index (Phi) is 6.01. The van der Waals surface area contributed by atoms with Gasteiger partial charge in [-0.05, 0) is 30.3 Å². The molecule has 0 saturated carbocycles. The van der Waals surface area contributed by atoms with E-state index < -0.39 is 0 Å². The number of anilines is 1. The van der Waals surface area contributed by atoms with Crippen LogP contribution in [0.15, 0.2) is 42.6 Å². The van der Waals surface area contributed by atoms with E-state index in [0.717, 1.165) is 24.5 Å². The number of rotatable bonds is 6. The smallest absolute Gasteiger partial charge is 0.258 e. The van der Waals surface area contributed by atoms with Crippen molar-refractivity contribution in [3.8, 4) is 11.8 Å².